The van der Waals surface area contributed by atoms with E-state index in [-0.39, 0.29) is 11.9 Å². The third-order valence-corrected chi connectivity index (χ3v) is 7.17. The number of allylic oxidation sites excluding steroid dienone is 2. The maximum Gasteiger partial charge on any atom is 0.249 e. The summed E-state index contributed by atoms with van der Waals surface area (Å²) in [6.07, 6.45) is 10.8. The van der Waals surface area contributed by atoms with Crippen molar-refractivity contribution in [2.45, 2.75) is 70.9 Å². The van der Waals surface area contributed by atoms with E-state index in [4.69, 9.17) is 4.99 Å². The van der Waals surface area contributed by atoms with Crippen LogP contribution in [-0.2, 0) is 4.79 Å². The number of hydrogen-bond acceptors (Lipinski definition) is 5. The molecule has 5 rings (SSSR count). The van der Waals surface area contributed by atoms with Crippen LogP contribution in [0.15, 0.2) is 59.0 Å². The number of amides is 1. The zero-order valence-electron chi connectivity index (χ0n) is 19.7. The molecule has 1 amide bonds. The lowest BCUT2D eigenvalue weighted by atomic mass is 10.0. The number of hydrogen-bond donors (Lipinski definition) is 0. The second-order valence-corrected chi connectivity index (χ2v) is 9.04. The van der Waals surface area contributed by atoms with Crippen molar-refractivity contribution in [1.82, 2.24) is 24.6 Å². The van der Waals surface area contributed by atoms with Gasteiger partial charge in [0, 0.05) is 18.7 Å². The van der Waals surface area contributed by atoms with Crippen LogP contribution in [0, 0.1) is 0 Å². The van der Waals surface area contributed by atoms with Crippen molar-refractivity contribution in [3.05, 3.63) is 54.0 Å². The Balaban J connectivity index is 1.68. The van der Waals surface area contributed by atoms with E-state index in [1.165, 1.54) is 18.4 Å². The van der Waals surface area contributed by atoms with Gasteiger partial charge < -0.3 is 9.80 Å². The third-order valence-electron chi connectivity index (χ3n) is 7.17. The van der Waals surface area contributed by atoms with Gasteiger partial charge in [0.1, 0.15) is 12.4 Å². The minimum absolute atomic E-state index is 0.168. The van der Waals surface area contributed by atoms with Crippen LogP contribution < -0.4 is 0 Å². The maximum absolute atomic E-state index is 13.3. The topological polar surface area (TPSA) is 66.6 Å². The second-order valence-electron chi connectivity index (χ2n) is 9.04. The Morgan fingerprint density at radius 1 is 1.09 bits per heavy atom. The molecular formula is C26H32N6O. The van der Waals surface area contributed by atoms with Gasteiger partial charge in [-0.15, -0.1) is 0 Å². The van der Waals surface area contributed by atoms with Gasteiger partial charge in [-0.05, 0) is 37.7 Å². The molecule has 1 atom stereocenters. The summed E-state index contributed by atoms with van der Waals surface area (Å²) in [5.74, 6) is 2.69. The first-order chi connectivity index (χ1) is 16.1. The predicted molar refractivity (Wildman–Crippen MR) is 130 cm³/mol. The molecule has 2 aliphatic heterocycles. The number of benzene rings is 1. The number of aliphatic imine (C=N–C) groups is 1. The average Bonchev–Trinajstić information content (AvgIpc) is 3.51. The Labute approximate surface area is 195 Å². The number of nitrogens with zero attached hydrogens (tertiary/aromatic N) is 6. The average molecular weight is 445 g/mol. The van der Waals surface area contributed by atoms with Crippen LogP contribution in [0.2, 0.25) is 0 Å². The van der Waals surface area contributed by atoms with E-state index in [9.17, 15) is 4.79 Å². The molecule has 1 aromatic carbocycles. The molecular weight excluding hydrogens is 412 g/mol. The molecule has 33 heavy (non-hydrogen) atoms. The van der Waals surface area contributed by atoms with Crippen LogP contribution in [0.5, 0.6) is 0 Å². The van der Waals surface area contributed by atoms with E-state index < -0.39 is 0 Å². The third kappa shape index (κ3) is 3.69. The highest BCUT2D eigenvalue weighted by atomic mass is 16.2. The lowest BCUT2D eigenvalue weighted by Gasteiger charge is -2.45. The normalized spacial score (nSPS) is 21.8. The highest BCUT2D eigenvalue weighted by Crippen LogP contribution is 2.36. The number of amidine groups is 1. The molecule has 1 aromatic heterocycles. The van der Waals surface area contributed by atoms with Gasteiger partial charge in [-0.1, -0.05) is 63.1 Å². The molecule has 1 saturated heterocycles. The Morgan fingerprint density at radius 3 is 2.55 bits per heavy atom. The van der Waals surface area contributed by atoms with Crippen molar-refractivity contribution >= 4 is 17.6 Å². The van der Waals surface area contributed by atoms with Gasteiger partial charge in [0.25, 0.3) is 0 Å². The largest absolute Gasteiger partial charge is 0.340 e. The molecule has 172 valence electrons. The van der Waals surface area contributed by atoms with Crippen molar-refractivity contribution in [1.29, 1.82) is 0 Å². The van der Waals surface area contributed by atoms with Gasteiger partial charge in [-0.2, -0.15) is 9.78 Å². The number of rotatable bonds is 5. The molecule has 2 fully saturated rings. The fraction of sp³-hybridized carbons (Fsp3) is 0.462. The molecule has 7 nitrogen and oxygen atoms in total. The zero-order chi connectivity index (χ0) is 22.9. The predicted octanol–water partition coefficient (Wildman–Crippen LogP) is 4.71. The number of carbonyl (C=O) groups is 1. The van der Waals surface area contributed by atoms with Crippen LogP contribution in [0.1, 0.15) is 58.8 Å². The number of carbonyl (C=O) groups excluding carboxylic acids is 1. The van der Waals surface area contributed by atoms with E-state index in [0.29, 0.717) is 6.04 Å². The van der Waals surface area contributed by atoms with Gasteiger partial charge in [0.2, 0.25) is 5.91 Å². The van der Waals surface area contributed by atoms with Crippen molar-refractivity contribution in [3.8, 4) is 11.4 Å². The number of piperazine rings is 1. The molecule has 0 unspecified atom stereocenters. The smallest absolute Gasteiger partial charge is 0.249 e. The molecule has 0 spiro atoms. The molecule has 7 heteroatoms. The van der Waals surface area contributed by atoms with Gasteiger partial charge in [0.05, 0.1) is 5.70 Å². The Kier molecular flexibility index (Phi) is 5.87. The first kappa shape index (κ1) is 21.6. The number of aromatic nitrogens is 3. The summed E-state index contributed by atoms with van der Waals surface area (Å²) in [5, 5.41) is 4.61. The number of fused-ring (bicyclic) bond motifs is 1. The van der Waals surface area contributed by atoms with Gasteiger partial charge in [0.15, 0.2) is 17.5 Å². The van der Waals surface area contributed by atoms with E-state index in [1.807, 2.05) is 47.0 Å². The summed E-state index contributed by atoms with van der Waals surface area (Å²) < 4.78 is 1.88. The van der Waals surface area contributed by atoms with Crippen LogP contribution in [0.4, 0.5) is 0 Å². The van der Waals surface area contributed by atoms with Crippen molar-refractivity contribution < 1.29 is 4.79 Å². The molecule has 0 N–H and O–H groups in total. The molecule has 1 saturated carbocycles. The molecule has 0 bridgehead atoms. The molecule has 3 heterocycles. The molecule has 0 radical (unpaired) electrons. The molecule has 2 aromatic rings. The summed E-state index contributed by atoms with van der Waals surface area (Å²) in [5.41, 5.74) is 3.11. The van der Waals surface area contributed by atoms with Crippen molar-refractivity contribution in [2.24, 2.45) is 4.99 Å². The number of likely N-dealkylation sites (N-methyl/N-ethyl adjacent to an activating group) is 1. The highest BCUT2D eigenvalue weighted by Gasteiger charge is 2.43. The van der Waals surface area contributed by atoms with E-state index in [2.05, 4.69) is 34.9 Å². The van der Waals surface area contributed by atoms with Crippen LogP contribution in [0.25, 0.3) is 17.2 Å². The van der Waals surface area contributed by atoms with Crippen LogP contribution in [0.3, 0.4) is 0 Å². The zero-order valence-corrected chi connectivity index (χ0v) is 19.7. The van der Waals surface area contributed by atoms with E-state index in [0.717, 1.165) is 60.8 Å². The summed E-state index contributed by atoms with van der Waals surface area (Å²) in [4.78, 5) is 27.4. The van der Waals surface area contributed by atoms with Crippen molar-refractivity contribution in [3.63, 3.8) is 0 Å². The van der Waals surface area contributed by atoms with E-state index >= 15 is 0 Å². The quantitative estimate of drug-likeness (QED) is 0.670. The first-order valence-electron chi connectivity index (χ1n) is 12.2. The van der Waals surface area contributed by atoms with Crippen LogP contribution in [-0.4, -0.2) is 55.4 Å². The first-order valence-corrected chi connectivity index (χ1v) is 12.2. The Morgan fingerprint density at radius 2 is 1.85 bits per heavy atom. The van der Waals surface area contributed by atoms with Gasteiger partial charge >= 0.3 is 0 Å². The van der Waals surface area contributed by atoms with Crippen LogP contribution >= 0.6 is 0 Å². The minimum Gasteiger partial charge on any atom is -0.340 e. The van der Waals surface area contributed by atoms with E-state index in [1.54, 1.807) is 6.33 Å². The van der Waals surface area contributed by atoms with Gasteiger partial charge in [-0.25, -0.2) is 9.98 Å². The SMILES string of the molecule is CCC1=C(n2ncnc2-c2ccccc2)N=C2C(=CC1)N(C)C(=O)[C@@H](CC)N2C1CCCC1. The fourth-order valence-corrected chi connectivity index (χ4v) is 5.39. The summed E-state index contributed by atoms with van der Waals surface area (Å²) in [6, 6.07) is 10.3. The summed E-state index contributed by atoms with van der Waals surface area (Å²) in [7, 11) is 1.89. The molecule has 1 aliphatic carbocycles. The second kappa shape index (κ2) is 8.96. The monoisotopic (exact) mass is 444 g/mol. The lowest BCUT2D eigenvalue weighted by molar-refractivity contribution is -0.134. The van der Waals surface area contributed by atoms with Gasteiger partial charge in [-0.3, -0.25) is 4.79 Å². The molecule has 3 aliphatic rings. The van der Waals surface area contributed by atoms with Crippen molar-refractivity contribution in [2.75, 3.05) is 7.05 Å². The summed E-state index contributed by atoms with van der Waals surface area (Å²) in [6.45, 7) is 4.25. The lowest BCUT2D eigenvalue weighted by Crippen LogP contribution is -2.60. The Bertz CT molecular complexity index is 1120. The standard InChI is InChI=1S/C26H32N6O/c1-4-18-15-16-22-25(31(20-13-9-10-14-20)21(5-2)26(33)30(22)3)29-24(18)32-23(27-17-28-32)19-11-7-6-8-12-19/h6-8,11-12,16-17,20-21H,4-5,9-10,13-15H2,1-3H3/t21-/m1/s1. The maximum atomic E-state index is 13.3. The minimum atomic E-state index is -0.178. The summed E-state index contributed by atoms with van der Waals surface area (Å²) >= 11 is 0. The Hall–Kier alpha value is -3.22. The fourth-order valence-electron chi connectivity index (χ4n) is 5.39. The highest BCUT2D eigenvalue weighted by molar-refractivity contribution is 6.09.